The van der Waals surface area contributed by atoms with E-state index >= 15 is 0 Å². The zero-order valence-electron chi connectivity index (χ0n) is 15.9. The molecule has 3 rings (SSSR count). The molecule has 6 heteroatoms. The first-order chi connectivity index (χ1) is 14.1. The van der Waals surface area contributed by atoms with Gasteiger partial charge in [-0.3, -0.25) is 9.59 Å². The van der Waals surface area contributed by atoms with Crippen molar-refractivity contribution in [1.82, 2.24) is 0 Å². The summed E-state index contributed by atoms with van der Waals surface area (Å²) in [6.45, 7) is 2.63. The Balaban J connectivity index is 1.67. The number of anilines is 2. The summed E-state index contributed by atoms with van der Waals surface area (Å²) < 4.78 is 6.24. The van der Waals surface area contributed by atoms with Crippen molar-refractivity contribution < 1.29 is 14.3 Å². The lowest BCUT2D eigenvalue weighted by Crippen LogP contribution is -2.14. The highest BCUT2D eigenvalue weighted by atomic mass is 79.9. The van der Waals surface area contributed by atoms with Gasteiger partial charge in [-0.05, 0) is 70.9 Å². The quantitative estimate of drug-likeness (QED) is 0.479. The molecule has 0 aliphatic rings. The van der Waals surface area contributed by atoms with Crippen LogP contribution in [-0.2, 0) is 0 Å². The SMILES string of the molecule is CCCOc1cccc(C(=O)Nc2ccc(NC(=O)c3ccccc3)c(Br)c2)c1. The predicted octanol–water partition coefficient (Wildman–Crippen LogP) is 5.74. The van der Waals surface area contributed by atoms with Gasteiger partial charge in [-0.1, -0.05) is 31.2 Å². The molecular formula is C23H21BrN2O3. The van der Waals surface area contributed by atoms with E-state index in [-0.39, 0.29) is 11.8 Å². The molecule has 0 aliphatic heterocycles. The van der Waals surface area contributed by atoms with Crippen LogP contribution in [-0.4, -0.2) is 18.4 Å². The molecule has 0 spiro atoms. The summed E-state index contributed by atoms with van der Waals surface area (Å²) in [5.41, 5.74) is 2.31. The van der Waals surface area contributed by atoms with E-state index in [1.54, 1.807) is 48.5 Å². The van der Waals surface area contributed by atoms with Crippen LogP contribution < -0.4 is 15.4 Å². The number of hydrogen-bond donors (Lipinski definition) is 2. The molecular weight excluding hydrogens is 432 g/mol. The highest BCUT2D eigenvalue weighted by Gasteiger charge is 2.11. The molecule has 148 valence electrons. The molecule has 3 aromatic carbocycles. The Kier molecular flexibility index (Phi) is 7.03. The molecule has 29 heavy (non-hydrogen) atoms. The number of amides is 2. The standard InChI is InChI=1S/C23H21BrN2O3/c1-2-13-29-19-10-6-9-17(14-19)23(28)25-18-11-12-21(20(24)15-18)26-22(27)16-7-4-3-5-8-16/h3-12,14-15H,2,13H2,1H3,(H,25,28)(H,26,27). The lowest BCUT2D eigenvalue weighted by molar-refractivity contribution is 0.101. The van der Waals surface area contributed by atoms with Crippen LogP contribution in [0.25, 0.3) is 0 Å². The number of rotatable bonds is 7. The normalized spacial score (nSPS) is 10.3. The molecule has 5 nitrogen and oxygen atoms in total. The molecule has 0 bridgehead atoms. The van der Waals surface area contributed by atoms with Crippen molar-refractivity contribution >= 4 is 39.1 Å². The Morgan fingerprint density at radius 1 is 0.862 bits per heavy atom. The van der Waals surface area contributed by atoms with Gasteiger partial charge in [0.05, 0.1) is 12.3 Å². The number of halogens is 1. The van der Waals surface area contributed by atoms with Crippen LogP contribution >= 0.6 is 15.9 Å². The zero-order valence-corrected chi connectivity index (χ0v) is 17.5. The summed E-state index contributed by atoms with van der Waals surface area (Å²) in [6.07, 6.45) is 0.900. The molecule has 0 fully saturated rings. The summed E-state index contributed by atoms with van der Waals surface area (Å²) in [4.78, 5) is 24.9. The van der Waals surface area contributed by atoms with Crippen molar-refractivity contribution in [2.24, 2.45) is 0 Å². The molecule has 0 unspecified atom stereocenters. The van der Waals surface area contributed by atoms with Gasteiger partial charge in [0, 0.05) is 21.3 Å². The zero-order chi connectivity index (χ0) is 20.6. The fraction of sp³-hybridized carbons (Fsp3) is 0.130. The highest BCUT2D eigenvalue weighted by Crippen LogP contribution is 2.27. The van der Waals surface area contributed by atoms with Crippen molar-refractivity contribution in [3.05, 3.63) is 88.4 Å². The third kappa shape index (κ3) is 5.68. The summed E-state index contributed by atoms with van der Waals surface area (Å²) in [5, 5.41) is 5.71. The molecule has 3 aromatic rings. The average molecular weight is 453 g/mol. The molecule has 0 aliphatic carbocycles. The molecule has 2 N–H and O–H groups in total. The maximum atomic E-state index is 12.5. The maximum Gasteiger partial charge on any atom is 0.255 e. The highest BCUT2D eigenvalue weighted by molar-refractivity contribution is 9.10. The van der Waals surface area contributed by atoms with Gasteiger partial charge in [0.25, 0.3) is 11.8 Å². The molecule has 0 saturated heterocycles. The second kappa shape index (κ2) is 9.89. The fourth-order valence-electron chi connectivity index (χ4n) is 2.63. The van der Waals surface area contributed by atoms with Gasteiger partial charge in [0.15, 0.2) is 0 Å². The number of carbonyl (C=O) groups excluding carboxylic acids is 2. The van der Waals surface area contributed by atoms with Crippen molar-refractivity contribution in [2.75, 3.05) is 17.2 Å². The van der Waals surface area contributed by atoms with E-state index < -0.39 is 0 Å². The Morgan fingerprint density at radius 3 is 2.31 bits per heavy atom. The summed E-state index contributed by atoms with van der Waals surface area (Å²) in [7, 11) is 0. The van der Waals surface area contributed by atoms with Gasteiger partial charge >= 0.3 is 0 Å². The minimum absolute atomic E-state index is 0.202. The number of benzene rings is 3. The molecule has 0 radical (unpaired) electrons. The van der Waals surface area contributed by atoms with Crippen molar-refractivity contribution in [3.8, 4) is 5.75 Å². The third-order valence-corrected chi connectivity index (χ3v) is 4.74. The van der Waals surface area contributed by atoms with Crippen LogP contribution in [0.5, 0.6) is 5.75 Å². The summed E-state index contributed by atoms with van der Waals surface area (Å²) >= 11 is 3.45. The van der Waals surface area contributed by atoms with Gasteiger partial charge in [-0.15, -0.1) is 0 Å². The van der Waals surface area contributed by atoms with E-state index in [0.29, 0.717) is 39.3 Å². The molecule has 0 saturated carbocycles. The van der Waals surface area contributed by atoms with Gasteiger partial charge in [0.1, 0.15) is 5.75 Å². The van der Waals surface area contributed by atoms with E-state index in [1.165, 1.54) is 0 Å². The minimum Gasteiger partial charge on any atom is -0.494 e. The second-order valence-electron chi connectivity index (χ2n) is 6.35. The number of ether oxygens (including phenoxy) is 1. The van der Waals surface area contributed by atoms with Crippen molar-refractivity contribution in [1.29, 1.82) is 0 Å². The molecule has 0 atom stereocenters. The molecule has 2 amide bonds. The summed E-state index contributed by atoms with van der Waals surface area (Å²) in [5.74, 6) is 0.228. The average Bonchev–Trinajstić information content (AvgIpc) is 2.75. The van der Waals surface area contributed by atoms with E-state index in [0.717, 1.165) is 6.42 Å². The van der Waals surface area contributed by atoms with E-state index in [2.05, 4.69) is 26.6 Å². The van der Waals surface area contributed by atoms with Crippen LogP contribution in [0.1, 0.15) is 34.1 Å². The largest absolute Gasteiger partial charge is 0.494 e. The van der Waals surface area contributed by atoms with Crippen LogP contribution in [0.2, 0.25) is 0 Å². The number of nitrogens with one attached hydrogen (secondary N) is 2. The van der Waals surface area contributed by atoms with E-state index in [9.17, 15) is 9.59 Å². The summed E-state index contributed by atoms with van der Waals surface area (Å²) in [6, 6.07) is 21.3. The smallest absolute Gasteiger partial charge is 0.255 e. The van der Waals surface area contributed by atoms with E-state index in [1.807, 2.05) is 31.2 Å². The van der Waals surface area contributed by atoms with Gasteiger partial charge in [-0.25, -0.2) is 0 Å². The minimum atomic E-state index is -0.236. The monoisotopic (exact) mass is 452 g/mol. The maximum absolute atomic E-state index is 12.5. The first-order valence-corrected chi connectivity index (χ1v) is 10.1. The van der Waals surface area contributed by atoms with Gasteiger partial charge in [-0.2, -0.15) is 0 Å². The van der Waals surface area contributed by atoms with Gasteiger partial charge in [0.2, 0.25) is 0 Å². The van der Waals surface area contributed by atoms with Crippen molar-refractivity contribution in [2.45, 2.75) is 13.3 Å². The molecule has 0 aromatic heterocycles. The fourth-order valence-corrected chi connectivity index (χ4v) is 3.11. The predicted molar refractivity (Wildman–Crippen MR) is 119 cm³/mol. The number of carbonyl (C=O) groups is 2. The molecule has 0 heterocycles. The third-order valence-electron chi connectivity index (χ3n) is 4.08. The first-order valence-electron chi connectivity index (χ1n) is 9.27. The van der Waals surface area contributed by atoms with E-state index in [4.69, 9.17) is 4.74 Å². The first kappa shape index (κ1) is 20.6. The van der Waals surface area contributed by atoms with Crippen LogP contribution in [0.15, 0.2) is 77.3 Å². The lowest BCUT2D eigenvalue weighted by Gasteiger charge is -2.11. The Labute approximate surface area is 178 Å². The Morgan fingerprint density at radius 2 is 1.59 bits per heavy atom. The van der Waals surface area contributed by atoms with Crippen molar-refractivity contribution in [3.63, 3.8) is 0 Å². The van der Waals surface area contributed by atoms with Crippen LogP contribution in [0.3, 0.4) is 0 Å². The van der Waals surface area contributed by atoms with Gasteiger partial charge < -0.3 is 15.4 Å². The van der Waals surface area contributed by atoms with Crippen LogP contribution in [0, 0.1) is 0 Å². The van der Waals surface area contributed by atoms with Crippen LogP contribution in [0.4, 0.5) is 11.4 Å². The number of hydrogen-bond acceptors (Lipinski definition) is 3. The second-order valence-corrected chi connectivity index (χ2v) is 7.20. The topological polar surface area (TPSA) is 67.4 Å². The Hall–Kier alpha value is -3.12. The lowest BCUT2D eigenvalue weighted by atomic mass is 10.2. The Bertz CT molecular complexity index is 1010.